The Hall–Kier alpha value is -2.72. The molecule has 0 saturated carbocycles. The van der Waals surface area contributed by atoms with Crippen LogP contribution in [0.15, 0.2) is 60.7 Å². The molecule has 0 aliphatic heterocycles. The number of hydrogen-bond acceptors (Lipinski definition) is 6. The van der Waals surface area contributed by atoms with Crippen LogP contribution < -0.4 is 9.04 Å². The minimum atomic E-state index is -3.79. The average Bonchev–Trinajstić information content (AvgIpc) is 2.72. The minimum Gasteiger partial charge on any atom is -0.457 e. The molecule has 2 N–H and O–H groups in total. The van der Waals surface area contributed by atoms with Crippen molar-refractivity contribution in [1.82, 2.24) is 4.98 Å². The molecule has 0 aliphatic rings. The van der Waals surface area contributed by atoms with Crippen molar-refractivity contribution >= 4 is 27.4 Å². The van der Waals surface area contributed by atoms with Crippen LogP contribution in [0.5, 0.6) is 11.5 Å². The van der Waals surface area contributed by atoms with Crippen LogP contribution in [-0.2, 0) is 10.0 Å². The summed E-state index contributed by atoms with van der Waals surface area (Å²) in [4.78, 5) is 4.37. The van der Waals surface area contributed by atoms with E-state index in [1.807, 2.05) is 0 Å². The molecule has 0 amide bonds. The van der Waals surface area contributed by atoms with Gasteiger partial charge in [-0.2, -0.15) is 0 Å². The Labute approximate surface area is 184 Å². The summed E-state index contributed by atoms with van der Waals surface area (Å²) in [5.41, 5.74) is 1.05. The quantitative estimate of drug-likeness (QED) is 0.527. The van der Waals surface area contributed by atoms with Crippen LogP contribution in [0, 0.1) is 5.82 Å². The third kappa shape index (κ3) is 6.14. The number of sulfonamides is 1. The summed E-state index contributed by atoms with van der Waals surface area (Å²) >= 11 is 6.19. The fraction of sp³-hybridized carbons (Fsp3) is 0.190. The standard InChI is InChI=1S/C21H20ClFN2O5S/c1-31(28,29)25(12-17(27)13-26)21-11-15(22)10-20(24-21)14-2-6-18(7-3-14)30-19-8-4-16(23)5-9-19/h2-11,17,26-27H,12-13H2,1H3. The molecule has 3 rings (SSSR count). The van der Waals surface area contributed by atoms with Crippen LogP contribution in [0.4, 0.5) is 10.2 Å². The second-order valence-corrected chi connectivity index (χ2v) is 9.08. The van der Waals surface area contributed by atoms with Gasteiger partial charge in [0.05, 0.1) is 31.2 Å². The van der Waals surface area contributed by atoms with Crippen LogP contribution >= 0.6 is 11.6 Å². The second kappa shape index (κ2) is 9.61. The summed E-state index contributed by atoms with van der Waals surface area (Å²) in [6.45, 7) is -0.971. The first kappa shape index (κ1) is 23.0. The van der Waals surface area contributed by atoms with Crippen molar-refractivity contribution in [3.05, 3.63) is 71.5 Å². The monoisotopic (exact) mass is 466 g/mol. The normalized spacial score (nSPS) is 12.4. The first-order valence-electron chi connectivity index (χ1n) is 9.14. The third-order valence-electron chi connectivity index (χ3n) is 4.22. The molecular formula is C21H20ClFN2O5S. The number of aliphatic hydroxyl groups is 2. The SMILES string of the molecule is CS(=O)(=O)N(CC(O)CO)c1cc(Cl)cc(-c2ccc(Oc3ccc(F)cc3)cc2)n1. The van der Waals surface area contributed by atoms with Crippen molar-refractivity contribution < 1.29 is 27.8 Å². The number of ether oxygens (including phenoxy) is 1. The third-order valence-corrected chi connectivity index (χ3v) is 5.57. The van der Waals surface area contributed by atoms with Crippen LogP contribution in [0.25, 0.3) is 11.3 Å². The van der Waals surface area contributed by atoms with Crippen LogP contribution in [0.3, 0.4) is 0 Å². The molecule has 1 unspecified atom stereocenters. The molecule has 0 fully saturated rings. The van der Waals surface area contributed by atoms with Gasteiger partial charge in [0.15, 0.2) is 0 Å². The summed E-state index contributed by atoms with van der Waals surface area (Å²) in [6.07, 6.45) is -0.303. The maximum Gasteiger partial charge on any atom is 0.233 e. The number of nitrogens with zero attached hydrogens (tertiary/aromatic N) is 2. The highest BCUT2D eigenvalue weighted by atomic mass is 35.5. The predicted octanol–water partition coefficient (Wildman–Crippen LogP) is 3.45. The molecule has 7 nitrogen and oxygen atoms in total. The molecule has 0 saturated heterocycles. The first-order chi connectivity index (χ1) is 14.7. The molecule has 0 radical (unpaired) electrons. The molecule has 0 bridgehead atoms. The molecule has 164 valence electrons. The van der Waals surface area contributed by atoms with E-state index < -0.39 is 22.7 Å². The van der Waals surface area contributed by atoms with Crippen molar-refractivity contribution in [3.63, 3.8) is 0 Å². The van der Waals surface area contributed by atoms with E-state index in [2.05, 4.69) is 4.98 Å². The Bertz CT molecular complexity index is 1140. The second-order valence-electron chi connectivity index (χ2n) is 6.74. The number of halogens is 2. The zero-order valence-corrected chi connectivity index (χ0v) is 18.0. The van der Waals surface area contributed by atoms with Crippen LogP contribution in [0.1, 0.15) is 0 Å². The van der Waals surface area contributed by atoms with E-state index in [-0.39, 0.29) is 23.2 Å². The summed E-state index contributed by atoms with van der Waals surface area (Å²) in [5, 5.41) is 19.1. The lowest BCUT2D eigenvalue weighted by atomic mass is 10.1. The van der Waals surface area contributed by atoms with Gasteiger partial charge in [-0.15, -0.1) is 0 Å². The van der Waals surface area contributed by atoms with Gasteiger partial charge >= 0.3 is 0 Å². The van der Waals surface area contributed by atoms with Gasteiger partial charge in [-0.25, -0.2) is 17.8 Å². The maximum absolute atomic E-state index is 13.0. The summed E-state index contributed by atoms with van der Waals surface area (Å²) in [5.74, 6) is 0.648. The van der Waals surface area contributed by atoms with E-state index in [4.69, 9.17) is 21.4 Å². The Morgan fingerprint density at radius 1 is 1.10 bits per heavy atom. The molecule has 1 atom stereocenters. The fourth-order valence-electron chi connectivity index (χ4n) is 2.74. The number of rotatable bonds is 8. The van der Waals surface area contributed by atoms with Crippen molar-refractivity contribution in [1.29, 1.82) is 0 Å². The smallest absolute Gasteiger partial charge is 0.233 e. The molecule has 1 aromatic heterocycles. The van der Waals surface area contributed by atoms with E-state index in [0.717, 1.165) is 10.6 Å². The molecule has 3 aromatic rings. The van der Waals surface area contributed by atoms with Crippen LogP contribution in [0.2, 0.25) is 5.02 Å². The highest BCUT2D eigenvalue weighted by molar-refractivity contribution is 7.92. The Kier molecular flexibility index (Phi) is 7.11. The van der Waals surface area contributed by atoms with Gasteiger partial charge in [0.1, 0.15) is 23.1 Å². The molecule has 1 heterocycles. The molecular weight excluding hydrogens is 447 g/mol. The number of benzene rings is 2. The lowest BCUT2D eigenvalue weighted by Gasteiger charge is -2.24. The van der Waals surface area contributed by atoms with Gasteiger partial charge in [0.25, 0.3) is 0 Å². The molecule has 0 spiro atoms. The van der Waals surface area contributed by atoms with Crippen molar-refractivity contribution in [3.8, 4) is 22.8 Å². The molecule has 31 heavy (non-hydrogen) atoms. The van der Waals surface area contributed by atoms with Gasteiger partial charge < -0.3 is 14.9 Å². The number of aromatic nitrogens is 1. The Morgan fingerprint density at radius 2 is 1.68 bits per heavy atom. The number of anilines is 1. The molecule has 10 heteroatoms. The maximum atomic E-state index is 13.0. The number of aliphatic hydroxyl groups excluding tert-OH is 2. The van der Waals surface area contributed by atoms with Crippen molar-refractivity contribution in [2.45, 2.75) is 6.10 Å². The van der Waals surface area contributed by atoms with E-state index in [1.54, 1.807) is 30.3 Å². The Balaban J connectivity index is 1.89. The summed E-state index contributed by atoms with van der Waals surface area (Å²) < 4.78 is 43.9. The average molecular weight is 467 g/mol. The lowest BCUT2D eigenvalue weighted by Crippen LogP contribution is -2.38. The van der Waals surface area contributed by atoms with Gasteiger partial charge in [-0.1, -0.05) is 11.6 Å². The van der Waals surface area contributed by atoms with Gasteiger partial charge in [-0.3, -0.25) is 4.31 Å². The lowest BCUT2D eigenvalue weighted by molar-refractivity contribution is 0.102. The van der Waals surface area contributed by atoms with Gasteiger partial charge in [-0.05, 0) is 54.6 Å². The summed E-state index contributed by atoms with van der Waals surface area (Å²) in [7, 11) is -3.79. The van der Waals surface area contributed by atoms with E-state index in [9.17, 15) is 17.9 Å². The number of hydrogen-bond donors (Lipinski definition) is 2. The molecule has 0 aliphatic carbocycles. The highest BCUT2D eigenvalue weighted by Crippen LogP contribution is 2.29. The van der Waals surface area contributed by atoms with E-state index in [1.165, 1.54) is 30.3 Å². The zero-order chi connectivity index (χ0) is 22.6. The first-order valence-corrected chi connectivity index (χ1v) is 11.4. The van der Waals surface area contributed by atoms with Gasteiger partial charge in [0, 0.05) is 16.7 Å². The van der Waals surface area contributed by atoms with E-state index in [0.29, 0.717) is 22.8 Å². The van der Waals surface area contributed by atoms with Crippen molar-refractivity contribution in [2.75, 3.05) is 23.7 Å². The largest absolute Gasteiger partial charge is 0.457 e. The topological polar surface area (TPSA) is 100.0 Å². The number of pyridine rings is 1. The fourth-order valence-corrected chi connectivity index (χ4v) is 3.82. The van der Waals surface area contributed by atoms with Gasteiger partial charge in [0.2, 0.25) is 10.0 Å². The highest BCUT2D eigenvalue weighted by Gasteiger charge is 2.23. The van der Waals surface area contributed by atoms with Crippen molar-refractivity contribution in [2.24, 2.45) is 0 Å². The Morgan fingerprint density at radius 3 is 2.23 bits per heavy atom. The van der Waals surface area contributed by atoms with Crippen LogP contribution in [-0.4, -0.2) is 49.1 Å². The van der Waals surface area contributed by atoms with E-state index >= 15 is 0 Å². The zero-order valence-electron chi connectivity index (χ0n) is 16.4. The minimum absolute atomic E-state index is 0.0177. The summed E-state index contributed by atoms with van der Waals surface area (Å²) in [6, 6.07) is 15.3. The molecule has 2 aromatic carbocycles. The predicted molar refractivity (Wildman–Crippen MR) is 116 cm³/mol.